The number of carbonyl (C=O) groups is 2. The second-order valence-electron chi connectivity index (χ2n) is 7.39. The van der Waals surface area contributed by atoms with Crippen LogP contribution in [0.5, 0.6) is 0 Å². The van der Waals surface area contributed by atoms with Crippen LogP contribution in [0.3, 0.4) is 0 Å². The molecule has 1 aromatic heterocycles. The van der Waals surface area contributed by atoms with E-state index in [4.69, 9.17) is 11.6 Å². The topological polar surface area (TPSA) is 58.4 Å². The van der Waals surface area contributed by atoms with Gasteiger partial charge < -0.3 is 9.80 Å². The van der Waals surface area contributed by atoms with E-state index >= 15 is 0 Å². The van der Waals surface area contributed by atoms with Gasteiger partial charge in [0.15, 0.2) is 0 Å². The van der Waals surface area contributed by atoms with Crippen LogP contribution in [0.4, 0.5) is 0 Å². The van der Waals surface area contributed by atoms with Gasteiger partial charge >= 0.3 is 0 Å². The Hall–Kier alpha value is -3.12. The Balaban J connectivity index is 1.41. The molecule has 1 fully saturated rings. The maximum atomic E-state index is 12.9. The van der Waals surface area contributed by atoms with E-state index in [-0.39, 0.29) is 11.8 Å². The molecule has 3 aromatic rings. The largest absolute Gasteiger partial charge is 0.335 e. The number of hydrogen-bond donors (Lipinski definition) is 0. The lowest BCUT2D eigenvalue weighted by atomic mass is 10.1. The van der Waals surface area contributed by atoms with Gasteiger partial charge in [-0.1, -0.05) is 29.8 Å². The van der Waals surface area contributed by atoms with Crippen LogP contribution < -0.4 is 0 Å². The Morgan fingerprint density at radius 3 is 1.77 bits per heavy atom. The third kappa shape index (κ3) is 3.83. The van der Waals surface area contributed by atoms with Crippen LogP contribution in [-0.4, -0.2) is 57.6 Å². The third-order valence-corrected chi connectivity index (χ3v) is 5.98. The molecular weight excluding hydrogens is 400 g/mol. The minimum Gasteiger partial charge on any atom is -0.335 e. The third-order valence-electron chi connectivity index (χ3n) is 5.44. The van der Waals surface area contributed by atoms with Crippen molar-refractivity contribution in [1.82, 2.24) is 19.6 Å². The number of aromatic nitrogens is 2. The molecule has 2 heterocycles. The van der Waals surface area contributed by atoms with E-state index in [2.05, 4.69) is 5.10 Å². The maximum Gasteiger partial charge on any atom is 0.253 e. The number of nitrogens with zero attached hydrogens (tertiary/aromatic N) is 4. The van der Waals surface area contributed by atoms with Crippen LogP contribution in [-0.2, 0) is 0 Å². The molecule has 154 valence electrons. The van der Waals surface area contributed by atoms with Crippen molar-refractivity contribution in [3.8, 4) is 5.69 Å². The first-order chi connectivity index (χ1) is 14.5. The Bertz CT molecular complexity index is 1070. The standard InChI is InChI=1S/C23H23ClN4O2/c1-16-21(24)17(2)28(25-16)20-10-8-19(9-11-20)23(30)27-14-12-26(13-15-27)22(29)18-6-4-3-5-7-18/h3-11H,12-15H2,1-2H3. The highest BCUT2D eigenvalue weighted by molar-refractivity contribution is 6.31. The highest BCUT2D eigenvalue weighted by Gasteiger charge is 2.25. The first-order valence-electron chi connectivity index (χ1n) is 9.91. The highest BCUT2D eigenvalue weighted by Crippen LogP contribution is 2.23. The van der Waals surface area contributed by atoms with E-state index in [1.54, 1.807) is 14.5 Å². The van der Waals surface area contributed by atoms with Crippen molar-refractivity contribution in [2.45, 2.75) is 13.8 Å². The highest BCUT2D eigenvalue weighted by atomic mass is 35.5. The smallest absolute Gasteiger partial charge is 0.253 e. The lowest BCUT2D eigenvalue weighted by Gasteiger charge is -2.35. The molecule has 2 aromatic carbocycles. The average molecular weight is 423 g/mol. The van der Waals surface area contributed by atoms with Crippen molar-refractivity contribution >= 4 is 23.4 Å². The molecule has 0 bridgehead atoms. The minimum absolute atomic E-state index is 0.00981. The molecule has 0 radical (unpaired) electrons. The van der Waals surface area contributed by atoms with Crippen molar-refractivity contribution in [3.05, 3.63) is 82.1 Å². The SMILES string of the molecule is Cc1nn(-c2ccc(C(=O)N3CCN(C(=O)c4ccccc4)CC3)cc2)c(C)c1Cl. The monoisotopic (exact) mass is 422 g/mol. The van der Waals surface area contributed by atoms with Gasteiger partial charge in [-0.25, -0.2) is 4.68 Å². The number of carbonyl (C=O) groups excluding carboxylic acids is 2. The van der Waals surface area contributed by atoms with Gasteiger partial charge in [0, 0.05) is 37.3 Å². The number of rotatable bonds is 3. The van der Waals surface area contributed by atoms with Crippen LogP contribution in [0.2, 0.25) is 5.02 Å². The summed E-state index contributed by atoms with van der Waals surface area (Å²) in [5.74, 6) is -0.0182. The number of benzene rings is 2. The summed E-state index contributed by atoms with van der Waals surface area (Å²) in [5.41, 5.74) is 3.80. The molecule has 7 heteroatoms. The second-order valence-corrected chi connectivity index (χ2v) is 7.77. The molecule has 0 saturated carbocycles. The number of aryl methyl sites for hydroxylation is 1. The number of amides is 2. The zero-order valence-electron chi connectivity index (χ0n) is 17.0. The van der Waals surface area contributed by atoms with Crippen LogP contribution in [0.15, 0.2) is 54.6 Å². The van der Waals surface area contributed by atoms with Gasteiger partial charge in [0.1, 0.15) is 0 Å². The van der Waals surface area contributed by atoms with E-state index in [9.17, 15) is 9.59 Å². The molecule has 0 unspecified atom stereocenters. The summed E-state index contributed by atoms with van der Waals surface area (Å²) in [4.78, 5) is 29.1. The van der Waals surface area contributed by atoms with Gasteiger partial charge in [0.05, 0.1) is 22.1 Å². The normalized spacial score (nSPS) is 14.1. The molecule has 0 spiro atoms. The van der Waals surface area contributed by atoms with Crippen molar-refractivity contribution in [1.29, 1.82) is 0 Å². The van der Waals surface area contributed by atoms with Crippen LogP contribution in [0, 0.1) is 13.8 Å². The van der Waals surface area contributed by atoms with Gasteiger partial charge in [0.25, 0.3) is 11.8 Å². The van der Waals surface area contributed by atoms with Crippen molar-refractivity contribution < 1.29 is 9.59 Å². The minimum atomic E-state index is -0.0280. The van der Waals surface area contributed by atoms with Gasteiger partial charge in [-0.2, -0.15) is 5.10 Å². The molecule has 1 aliphatic rings. The lowest BCUT2D eigenvalue weighted by Crippen LogP contribution is -2.50. The van der Waals surface area contributed by atoms with Gasteiger partial charge in [0.2, 0.25) is 0 Å². The summed E-state index contributed by atoms with van der Waals surface area (Å²) in [7, 11) is 0. The first kappa shape index (κ1) is 20.2. The molecule has 0 aliphatic carbocycles. The Morgan fingerprint density at radius 1 is 0.800 bits per heavy atom. The van der Waals surface area contributed by atoms with Crippen molar-refractivity contribution in [3.63, 3.8) is 0 Å². The molecule has 6 nitrogen and oxygen atoms in total. The molecular formula is C23H23ClN4O2. The van der Waals surface area contributed by atoms with Gasteiger partial charge in [-0.15, -0.1) is 0 Å². The molecule has 1 saturated heterocycles. The average Bonchev–Trinajstić information content (AvgIpc) is 3.06. The predicted octanol–water partition coefficient (Wildman–Crippen LogP) is 3.74. The van der Waals surface area contributed by atoms with E-state index < -0.39 is 0 Å². The second kappa shape index (κ2) is 8.32. The summed E-state index contributed by atoms with van der Waals surface area (Å²) < 4.78 is 1.78. The summed E-state index contributed by atoms with van der Waals surface area (Å²) in [6, 6.07) is 16.6. The molecule has 2 amide bonds. The van der Waals surface area contributed by atoms with Crippen molar-refractivity contribution in [2.24, 2.45) is 0 Å². The maximum absolute atomic E-state index is 12.9. The number of hydrogen-bond acceptors (Lipinski definition) is 3. The fraction of sp³-hybridized carbons (Fsp3) is 0.261. The van der Waals surface area contributed by atoms with E-state index in [1.807, 2.05) is 68.4 Å². The zero-order chi connectivity index (χ0) is 21.3. The first-order valence-corrected chi connectivity index (χ1v) is 10.3. The van der Waals surface area contributed by atoms with Crippen LogP contribution >= 0.6 is 11.6 Å². The lowest BCUT2D eigenvalue weighted by molar-refractivity contribution is 0.0535. The Morgan fingerprint density at radius 2 is 1.30 bits per heavy atom. The quantitative estimate of drug-likeness (QED) is 0.646. The number of halogens is 1. The van der Waals surface area contributed by atoms with Crippen molar-refractivity contribution in [2.75, 3.05) is 26.2 Å². The zero-order valence-corrected chi connectivity index (χ0v) is 17.8. The summed E-state index contributed by atoms with van der Waals surface area (Å²) >= 11 is 6.23. The molecule has 30 heavy (non-hydrogen) atoms. The van der Waals surface area contributed by atoms with E-state index in [1.165, 1.54) is 0 Å². The van der Waals surface area contributed by atoms with E-state index in [0.29, 0.717) is 42.3 Å². The van der Waals surface area contributed by atoms with Gasteiger partial charge in [-0.3, -0.25) is 9.59 Å². The fourth-order valence-corrected chi connectivity index (χ4v) is 3.80. The number of piperazine rings is 1. The predicted molar refractivity (Wildman–Crippen MR) is 116 cm³/mol. The fourth-order valence-electron chi connectivity index (χ4n) is 3.68. The molecule has 1 aliphatic heterocycles. The Labute approximate surface area is 180 Å². The molecule has 0 atom stereocenters. The Kier molecular flexibility index (Phi) is 5.59. The summed E-state index contributed by atoms with van der Waals surface area (Å²) in [6.07, 6.45) is 0. The molecule has 0 N–H and O–H groups in total. The van der Waals surface area contributed by atoms with E-state index in [0.717, 1.165) is 17.1 Å². The summed E-state index contributed by atoms with van der Waals surface area (Å²) in [6.45, 7) is 5.88. The van der Waals surface area contributed by atoms with Crippen LogP contribution in [0.25, 0.3) is 5.69 Å². The van der Waals surface area contributed by atoms with Crippen LogP contribution in [0.1, 0.15) is 32.1 Å². The molecule has 4 rings (SSSR count). The summed E-state index contributed by atoms with van der Waals surface area (Å²) in [5, 5.41) is 5.10. The van der Waals surface area contributed by atoms with Gasteiger partial charge in [-0.05, 0) is 50.2 Å².